The summed E-state index contributed by atoms with van der Waals surface area (Å²) in [5, 5.41) is 6.23. The molecule has 0 bridgehead atoms. The van der Waals surface area contributed by atoms with Gasteiger partial charge < -0.3 is 15.4 Å². The van der Waals surface area contributed by atoms with Crippen LogP contribution >= 0.6 is 12.4 Å². The molecule has 1 saturated heterocycles. The van der Waals surface area contributed by atoms with Gasteiger partial charge in [0.25, 0.3) is 5.91 Å². The van der Waals surface area contributed by atoms with Crippen molar-refractivity contribution in [2.75, 3.05) is 39.3 Å². The lowest BCUT2D eigenvalue weighted by atomic mass is 10.3. The number of carbonyl (C=O) groups is 1. The normalized spacial score (nSPS) is 16.6. The van der Waals surface area contributed by atoms with Gasteiger partial charge in [0.05, 0.1) is 0 Å². The third kappa shape index (κ3) is 6.33. The Kier molecular flexibility index (Phi) is 8.12. The maximum absolute atomic E-state index is 11.9. The lowest BCUT2D eigenvalue weighted by Gasteiger charge is -2.27. The molecule has 21 heavy (non-hydrogen) atoms. The summed E-state index contributed by atoms with van der Waals surface area (Å²) in [6.07, 6.45) is -0.472. The number of carbonyl (C=O) groups excluding carboxylic acids is 1. The van der Waals surface area contributed by atoms with Crippen molar-refractivity contribution in [1.82, 2.24) is 15.5 Å². The lowest BCUT2D eigenvalue weighted by Crippen LogP contribution is -2.47. The summed E-state index contributed by atoms with van der Waals surface area (Å²) in [5.41, 5.74) is 0. The van der Waals surface area contributed by atoms with E-state index < -0.39 is 6.10 Å². The van der Waals surface area contributed by atoms with Gasteiger partial charge in [-0.05, 0) is 19.1 Å². The molecule has 2 N–H and O–H groups in total. The first-order valence-corrected chi connectivity index (χ1v) is 7.18. The molecule has 0 saturated carbocycles. The molecule has 0 spiro atoms. The van der Waals surface area contributed by atoms with Crippen LogP contribution in [-0.2, 0) is 4.79 Å². The number of rotatable bonds is 6. The number of nitrogens with one attached hydrogen (secondary N) is 2. The largest absolute Gasteiger partial charge is 0.481 e. The van der Waals surface area contributed by atoms with Crippen molar-refractivity contribution in [2.24, 2.45) is 0 Å². The molecule has 0 radical (unpaired) electrons. The van der Waals surface area contributed by atoms with Gasteiger partial charge >= 0.3 is 0 Å². The number of ether oxygens (including phenoxy) is 1. The minimum Gasteiger partial charge on any atom is -0.481 e. The zero-order chi connectivity index (χ0) is 14.2. The van der Waals surface area contributed by atoms with E-state index in [1.165, 1.54) is 0 Å². The van der Waals surface area contributed by atoms with Crippen molar-refractivity contribution in [1.29, 1.82) is 0 Å². The summed E-state index contributed by atoms with van der Waals surface area (Å²) >= 11 is 0. The highest BCUT2D eigenvalue weighted by Crippen LogP contribution is 2.10. The number of benzene rings is 1. The van der Waals surface area contributed by atoms with E-state index in [2.05, 4.69) is 15.5 Å². The fourth-order valence-electron chi connectivity index (χ4n) is 2.17. The summed E-state index contributed by atoms with van der Waals surface area (Å²) in [6, 6.07) is 9.41. The fourth-order valence-corrected chi connectivity index (χ4v) is 2.17. The Hall–Kier alpha value is -1.30. The predicted octanol–water partition coefficient (Wildman–Crippen LogP) is 0.897. The first kappa shape index (κ1) is 17.8. The minimum atomic E-state index is -0.472. The standard InChI is InChI=1S/C15H23N3O2.ClH/c1-13(20-14-5-3-2-4-6-14)15(19)17-9-12-18-10-7-16-8-11-18;/h2-6,13,16H,7-12H2,1H3,(H,17,19);1H. The molecule has 1 amide bonds. The van der Waals surface area contributed by atoms with Crippen molar-refractivity contribution >= 4 is 18.3 Å². The van der Waals surface area contributed by atoms with Crippen molar-refractivity contribution in [3.05, 3.63) is 30.3 Å². The van der Waals surface area contributed by atoms with E-state index in [4.69, 9.17) is 4.74 Å². The van der Waals surface area contributed by atoms with Crippen LogP contribution < -0.4 is 15.4 Å². The van der Waals surface area contributed by atoms with Gasteiger partial charge in [-0.25, -0.2) is 0 Å². The number of para-hydroxylation sites is 1. The van der Waals surface area contributed by atoms with Crippen LogP contribution in [0.2, 0.25) is 0 Å². The molecular formula is C15H24ClN3O2. The smallest absolute Gasteiger partial charge is 0.260 e. The molecule has 1 atom stereocenters. The molecule has 1 fully saturated rings. The second kappa shape index (κ2) is 9.60. The number of piperazine rings is 1. The topological polar surface area (TPSA) is 53.6 Å². The number of amides is 1. The fraction of sp³-hybridized carbons (Fsp3) is 0.533. The third-order valence-electron chi connectivity index (χ3n) is 3.36. The van der Waals surface area contributed by atoms with E-state index in [1.54, 1.807) is 6.92 Å². The lowest BCUT2D eigenvalue weighted by molar-refractivity contribution is -0.127. The van der Waals surface area contributed by atoms with E-state index in [0.29, 0.717) is 6.54 Å². The van der Waals surface area contributed by atoms with Gasteiger partial charge in [0, 0.05) is 39.3 Å². The summed E-state index contributed by atoms with van der Waals surface area (Å²) in [7, 11) is 0. The summed E-state index contributed by atoms with van der Waals surface area (Å²) in [5.74, 6) is 0.654. The molecule has 1 aliphatic heterocycles. The number of hydrogen-bond acceptors (Lipinski definition) is 4. The van der Waals surface area contributed by atoms with Crippen LogP contribution in [0.4, 0.5) is 0 Å². The van der Waals surface area contributed by atoms with E-state index in [0.717, 1.165) is 38.5 Å². The molecule has 1 aromatic rings. The second-order valence-corrected chi connectivity index (χ2v) is 4.96. The van der Waals surface area contributed by atoms with Crippen molar-refractivity contribution < 1.29 is 9.53 Å². The Balaban J connectivity index is 0.00000220. The Morgan fingerprint density at radius 1 is 1.33 bits per heavy atom. The highest BCUT2D eigenvalue weighted by Gasteiger charge is 2.15. The summed E-state index contributed by atoms with van der Waals surface area (Å²) < 4.78 is 5.58. The maximum Gasteiger partial charge on any atom is 0.260 e. The van der Waals surface area contributed by atoms with Gasteiger partial charge in [0.15, 0.2) is 6.10 Å². The van der Waals surface area contributed by atoms with Gasteiger partial charge in [0.2, 0.25) is 0 Å². The molecule has 5 nitrogen and oxygen atoms in total. The van der Waals surface area contributed by atoms with Crippen LogP contribution in [0.5, 0.6) is 5.75 Å². The first-order valence-electron chi connectivity index (χ1n) is 7.18. The summed E-state index contributed by atoms with van der Waals surface area (Å²) in [4.78, 5) is 14.3. The Labute approximate surface area is 132 Å². The SMILES string of the molecule is CC(Oc1ccccc1)C(=O)NCCN1CCNCC1.Cl. The van der Waals surface area contributed by atoms with Gasteiger partial charge in [-0.1, -0.05) is 18.2 Å². The van der Waals surface area contributed by atoms with Crippen molar-refractivity contribution in [2.45, 2.75) is 13.0 Å². The molecule has 1 aliphatic rings. The van der Waals surface area contributed by atoms with Crippen LogP contribution in [-0.4, -0.2) is 56.2 Å². The number of hydrogen-bond donors (Lipinski definition) is 2. The molecular weight excluding hydrogens is 290 g/mol. The quantitative estimate of drug-likeness (QED) is 0.819. The molecule has 1 aromatic carbocycles. The van der Waals surface area contributed by atoms with Crippen molar-refractivity contribution in [3.8, 4) is 5.75 Å². The molecule has 1 heterocycles. The first-order chi connectivity index (χ1) is 9.75. The van der Waals surface area contributed by atoms with Crippen molar-refractivity contribution in [3.63, 3.8) is 0 Å². The maximum atomic E-state index is 11.9. The van der Waals surface area contributed by atoms with Gasteiger partial charge in [0.1, 0.15) is 5.75 Å². The number of nitrogens with zero attached hydrogens (tertiary/aromatic N) is 1. The Morgan fingerprint density at radius 2 is 2.00 bits per heavy atom. The molecule has 2 rings (SSSR count). The third-order valence-corrected chi connectivity index (χ3v) is 3.36. The number of halogens is 1. The van der Waals surface area contributed by atoms with Gasteiger partial charge in [-0.15, -0.1) is 12.4 Å². The Morgan fingerprint density at radius 3 is 2.67 bits per heavy atom. The van der Waals surface area contributed by atoms with Crippen LogP contribution in [0.1, 0.15) is 6.92 Å². The molecule has 1 unspecified atom stereocenters. The van der Waals surface area contributed by atoms with Crippen LogP contribution in [0.15, 0.2) is 30.3 Å². The monoisotopic (exact) mass is 313 g/mol. The zero-order valence-electron chi connectivity index (χ0n) is 12.4. The minimum absolute atomic E-state index is 0. The van der Waals surface area contributed by atoms with E-state index in [9.17, 15) is 4.79 Å². The molecule has 0 aliphatic carbocycles. The van der Waals surface area contributed by atoms with Crippen LogP contribution in [0, 0.1) is 0 Å². The van der Waals surface area contributed by atoms with Crippen LogP contribution in [0.25, 0.3) is 0 Å². The molecule has 6 heteroatoms. The average Bonchev–Trinajstić information content (AvgIpc) is 2.49. The second-order valence-electron chi connectivity index (χ2n) is 4.96. The Bertz CT molecular complexity index is 411. The molecule has 0 aromatic heterocycles. The highest BCUT2D eigenvalue weighted by molar-refractivity contribution is 5.85. The zero-order valence-corrected chi connectivity index (χ0v) is 13.2. The molecule has 118 valence electrons. The van der Waals surface area contributed by atoms with E-state index >= 15 is 0 Å². The van der Waals surface area contributed by atoms with E-state index in [1.807, 2.05) is 30.3 Å². The van der Waals surface area contributed by atoms with Gasteiger partial charge in [-0.2, -0.15) is 0 Å². The highest BCUT2D eigenvalue weighted by atomic mass is 35.5. The van der Waals surface area contributed by atoms with E-state index in [-0.39, 0.29) is 18.3 Å². The summed E-state index contributed by atoms with van der Waals surface area (Å²) in [6.45, 7) is 7.49. The predicted molar refractivity (Wildman–Crippen MR) is 86.1 cm³/mol. The average molecular weight is 314 g/mol. The van der Waals surface area contributed by atoms with Gasteiger partial charge in [-0.3, -0.25) is 9.69 Å². The van der Waals surface area contributed by atoms with Crippen LogP contribution in [0.3, 0.4) is 0 Å².